The number of aromatic nitrogens is 2. The summed E-state index contributed by atoms with van der Waals surface area (Å²) in [5, 5.41) is 13.4. The van der Waals surface area contributed by atoms with Gasteiger partial charge >= 0.3 is 5.76 Å². The maximum atomic E-state index is 12.0. The number of hydrogen-bond donors (Lipinski definition) is 0. The van der Waals surface area contributed by atoms with Crippen LogP contribution in [0.4, 0.5) is 0 Å². The average Bonchev–Trinajstić information content (AvgIpc) is 3.06. The van der Waals surface area contributed by atoms with E-state index in [1.54, 1.807) is 48.6 Å². The molecular weight excluding hydrogens is 382 g/mol. The monoisotopic (exact) mass is 397 g/mol. The smallest absolute Gasteiger partial charge is 0.437 e. The van der Waals surface area contributed by atoms with E-state index in [0.717, 1.165) is 5.56 Å². The van der Waals surface area contributed by atoms with E-state index in [1.165, 1.54) is 18.9 Å². The van der Waals surface area contributed by atoms with Gasteiger partial charge in [-0.1, -0.05) is 23.7 Å². The molecule has 142 valence electrons. The Morgan fingerprint density at radius 2 is 1.93 bits per heavy atom. The molecule has 0 unspecified atom stereocenters. The van der Waals surface area contributed by atoms with Crippen molar-refractivity contribution in [2.75, 3.05) is 14.2 Å². The Labute approximate surface area is 166 Å². The van der Waals surface area contributed by atoms with Crippen LogP contribution in [0.25, 0.3) is 12.2 Å². The van der Waals surface area contributed by atoms with Gasteiger partial charge in [0.2, 0.25) is 5.89 Å². The highest BCUT2D eigenvalue weighted by Gasteiger charge is 2.12. The summed E-state index contributed by atoms with van der Waals surface area (Å²) in [6.45, 7) is 0.235. The van der Waals surface area contributed by atoms with Crippen molar-refractivity contribution in [2.24, 2.45) is 0 Å². The fourth-order valence-electron chi connectivity index (χ4n) is 2.54. The summed E-state index contributed by atoms with van der Waals surface area (Å²) in [7, 11) is 3.03. The number of nitriles is 1. The second-order valence-electron chi connectivity index (χ2n) is 5.71. The number of halogens is 1. The minimum atomic E-state index is -0.581. The van der Waals surface area contributed by atoms with Gasteiger partial charge in [0.25, 0.3) is 0 Å². The van der Waals surface area contributed by atoms with Crippen molar-refractivity contribution in [3.05, 3.63) is 74.6 Å². The summed E-state index contributed by atoms with van der Waals surface area (Å²) in [6, 6.07) is 12.4. The maximum Gasteiger partial charge on any atom is 0.437 e. The molecule has 2 aromatic carbocycles. The van der Waals surface area contributed by atoms with Gasteiger partial charge in [-0.2, -0.15) is 9.94 Å². The predicted octanol–water partition coefficient (Wildman–Crippen LogP) is 3.60. The van der Waals surface area contributed by atoms with Crippen LogP contribution < -0.4 is 15.2 Å². The lowest BCUT2D eigenvalue weighted by Crippen LogP contribution is -2.16. The molecular formula is C20H16ClN3O4. The summed E-state index contributed by atoms with van der Waals surface area (Å²) >= 11 is 6.33. The van der Waals surface area contributed by atoms with Crippen LogP contribution in [-0.4, -0.2) is 24.0 Å². The Morgan fingerprint density at radius 3 is 2.57 bits per heavy atom. The molecule has 3 rings (SSSR count). The molecule has 0 amide bonds. The number of hydrogen-bond acceptors (Lipinski definition) is 6. The second kappa shape index (κ2) is 8.46. The third kappa shape index (κ3) is 4.08. The third-order valence-electron chi connectivity index (χ3n) is 3.96. The van der Waals surface area contributed by atoms with Gasteiger partial charge < -0.3 is 13.9 Å². The topological polar surface area (TPSA) is 90.3 Å². The third-order valence-corrected chi connectivity index (χ3v) is 4.35. The lowest BCUT2D eigenvalue weighted by Gasteiger charge is -2.10. The van der Waals surface area contributed by atoms with Crippen molar-refractivity contribution in [2.45, 2.75) is 6.54 Å². The van der Waals surface area contributed by atoms with E-state index in [4.69, 9.17) is 30.8 Å². The molecule has 0 radical (unpaired) electrons. The minimum absolute atomic E-state index is 0.143. The molecule has 0 spiro atoms. The van der Waals surface area contributed by atoms with Crippen LogP contribution in [0.5, 0.6) is 11.5 Å². The van der Waals surface area contributed by atoms with Crippen LogP contribution in [0.3, 0.4) is 0 Å². The van der Waals surface area contributed by atoms with E-state index in [2.05, 4.69) is 5.10 Å². The summed E-state index contributed by atoms with van der Waals surface area (Å²) in [5.74, 6) is 0.494. The van der Waals surface area contributed by atoms with Gasteiger partial charge in [0.1, 0.15) is 0 Å². The van der Waals surface area contributed by atoms with E-state index in [0.29, 0.717) is 27.6 Å². The van der Waals surface area contributed by atoms with Crippen molar-refractivity contribution >= 4 is 23.8 Å². The molecule has 0 N–H and O–H groups in total. The zero-order chi connectivity index (χ0) is 20.1. The summed E-state index contributed by atoms with van der Waals surface area (Å²) in [5.41, 5.74) is 2.03. The molecule has 8 heteroatoms. The van der Waals surface area contributed by atoms with E-state index < -0.39 is 5.76 Å². The standard InChI is InChI=1S/C20H16ClN3O4/c1-26-16-9-7-15(18(21)19(16)27-2)8-10-17-23-24(20(25)28-17)12-14-5-3-13(11-22)4-6-14/h3-10H,12H2,1-2H3. The largest absolute Gasteiger partial charge is 0.493 e. The van der Waals surface area contributed by atoms with Gasteiger partial charge in [-0.05, 0) is 41.5 Å². The molecule has 3 aromatic rings. The van der Waals surface area contributed by atoms with Crippen LogP contribution >= 0.6 is 11.6 Å². The van der Waals surface area contributed by atoms with E-state index in [1.807, 2.05) is 6.07 Å². The quantitative estimate of drug-likeness (QED) is 0.631. The summed E-state index contributed by atoms with van der Waals surface area (Å²) in [4.78, 5) is 12.0. The van der Waals surface area contributed by atoms with Gasteiger partial charge in [0.05, 0.1) is 37.4 Å². The first kappa shape index (κ1) is 19.3. The van der Waals surface area contributed by atoms with Crippen LogP contribution in [0.15, 0.2) is 45.6 Å². The van der Waals surface area contributed by atoms with Crippen molar-refractivity contribution in [3.63, 3.8) is 0 Å². The fraction of sp³-hybridized carbons (Fsp3) is 0.150. The van der Waals surface area contributed by atoms with Crippen molar-refractivity contribution in [3.8, 4) is 17.6 Å². The summed E-state index contributed by atoms with van der Waals surface area (Å²) in [6.07, 6.45) is 3.21. The van der Waals surface area contributed by atoms with Gasteiger partial charge in [0.15, 0.2) is 11.5 Å². The fourth-order valence-corrected chi connectivity index (χ4v) is 2.84. The van der Waals surface area contributed by atoms with Crippen LogP contribution in [-0.2, 0) is 6.54 Å². The molecule has 0 atom stereocenters. The van der Waals surface area contributed by atoms with Crippen LogP contribution in [0.2, 0.25) is 5.02 Å². The van der Waals surface area contributed by atoms with Gasteiger partial charge in [-0.3, -0.25) is 0 Å². The molecule has 0 saturated carbocycles. The highest BCUT2D eigenvalue weighted by molar-refractivity contribution is 6.33. The highest BCUT2D eigenvalue weighted by Crippen LogP contribution is 2.37. The molecule has 0 fully saturated rings. The van der Waals surface area contributed by atoms with E-state index in [-0.39, 0.29) is 12.4 Å². The molecule has 0 aliphatic heterocycles. The minimum Gasteiger partial charge on any atom is -0.493 e. The van der Waals surface area contributed by atoms with Gasteiger partial charge in [0, 0.05) is 6.08 Å². The first-order valence-corrected chi connectivity index (χ1v) is 8.59. The Balaban J connectivity index is 1.81. The first-order valence-electron chi connectivity index (χ1n) is 8.21. The molecule has 0 bridgehead atoms. The highest BCUT2D eigenvalue weighted by atomic mass is 35.5. The Bertz CT molecular complexity index is 1110. The molecule has 1 heterocycles. The molecule has 1 aromatic heterocycles. The predicted molar refractivity (Wildman–Crippen MR) is 105 cm³/mol. The number of benzene rings is 2. The van der Waals surface area contributed by atoms with E-state index in [9.17, 15) is 4.79 Å². The molecule has 0 aliphatic rings. The number of nitrogens with zero attached hydrogens (tertiary/aromatic N) is 3. The maximum absolute atomic E-state index is 12.0. The Hall–Kier alpha value is -3.50. The zero-order valence-corrected chi connectivity index (χ0v) is 15.9. The number of ether oxygens (including phenoxy) is 2. The first-order chi connectivity index (χ1) is 13.5. The Kier molecular flexibility index (Phi) is 5.82. The van der Waals surface area contributed by atoms with Gasteiger partial charge in [-0.25, -0.2) is 4.79 Å². The molecule has 7 nitrogen and oxygen atoms in total. The number of rotatable bonds is 6. The van der Waals surface area contributed by atoms with E-state index >= 15 is 0 Å². The second-order valence-corrected chi connectivity index (χ2v) is 6.09. The van der Waals surface area contributed by atoms with Crippen molar-refractivity contribution < 1.29 is 13.9 Å². The zero-order valence-electron chi connectivity index (χ0n) is 15.2. The Morgan fingerprint density at radius 1 is 1.18 bits per heavy atom. The normalized spacial score (nSPS) is 10.8. The number of methoxy groups -OCH3 is 2. The lowest BCUT2D eigenvalue weighted by atomic mass is 10.1. The molecule has 28 heavy (non-hydrogen) atoms. The molecule has 0 aliphatic carbocycles. The van der Waals surface area contributed by atoms with Crippen LogP contribution in [0.1, 0.15) is 22.6 Å². The average molecular weight is 398 g/mol. The summed E-state index contributed by atoms with van der Waals surface area (Å²) < 4.78 is 16.8. The van der Waals surface area contributed by atoms with Crippen molar-refractivity contribution in [1.29, 1.82) is 5.26 Å². The van der Waals surface area contributed by atoms with Gasteiger partial charge in [-0.15, -0.1) is 5.10 Å². The lowest BCUT2D eigenvalue weighted by molar-refractivity contribution is 0.355. The SMILES string of the molecule is COc1ccc(C=Cc2nn(Cc3ccc(C#N)cc3)c(=O)o2)c(Cl)c1OC. The van der Waals surface area contributed by atoms with Crippen LogP contribution in [0, 0.1) is 11.3 Å². The molecule has 0 saturated heterocycles. The van der Waals surface area contributed by atoms with Crippen molar-refractivity contribution in [1.82, 2.24) is 9.78 Å².